The van der Waals surface area contributed by atoms with Crippen molar-refractivity contribution in [2.24, 2.45) is 5.41 Å². The smallest absolute Gasteiger partial charge is 0.409 e. The van der Waals surface area contributed by atoms with Crippen molar-refractivity contribution >= 4 is 18.0 Å². The van der Waals surface area contributed by atoms with Crippen LogP contribution in [0.15, 0.2) is 0 Å². The standard InChI is InChI=1S/C14H22N2O5/c1-2-21-13(20)16-8-4-10(5-9-16)15-11(17)14(12(18)19)6-3-7-14/h10H,2-9H2,1H3,(H,15,17)(H,18,19). The lowest BCUT2D eigenvalue weighted by Crippen LogP contribution is -2.55. The van der Waals surface area contributed by atoms with E-state index in [1.54, 1.807) is 11.8 Å². The summed E-state index contributed by atoms with van der Waals surface area (Å²) in [5.74, 6) is -1.41. The molecule has 1 saturated carbocycles. The quantitative estimate of drug-likeness (QED) is 0.754. The molecule has 2 aliphatic rings. The summed E-state index contributed by atoms with van der Waals surface area (Å²) < 4.78 is 4.93. The van der Waals surface area contributed by atoms with Crippen LogP contribution < -0.4 is 5.32 Å². The molecule has 1 aliphatic carbocycles. The number of carboxylic acid groups (broad SMARTS) is 1. The average molecular weight is 298 g/mol. The fourth-order valence-electron chi connectivity index (χ4n) is 2.81. The third-order valence-corrected chi connectivity index (χ3v) is 4.41. The van der Waals surface area contributed by atoms with E-state index < -0.39 is 11.4 Å². The van der Waals surface area contributed by atoms with E-state index in [0.29, 0.717) is 45.4 Å². The molecule has 1 heterocycles. The molecule has 2 amide bonds. The van der Waals surface area contributed by atoms with E-state index in [1.807, 2.05) is 0 Å². The fourth-order valence-corrected chi connectivity index (χ4v) is 2.81. The summed E-state index contributed by atoms with van der Waals surface area (Å²) >= 11 is 0. The van der Waals surface area contributed by atoms with E-state index >= 15 is 0 Å². The van der Waals surface area contributed by atoms with Crippen molar-refractivity contribution in [2.45, 2.75) is 45.1 Å². The van der Waals surface area contributed by atoms with E-state index in [-0.39, 0.29) is 18.0 Å². The highest BCUT2D eigenvalue weighted by Crippen LogP contribution is 2.41. The molecule has 2 N–H and O–H groups in total. The monoisotopic (exact) mass is 298 g/mol. The zero-order chi connectivity index (χ0) is 15.5. The highest BCUT2D eigenvalue weighted by Gasteiger charge is 2.51. The molecule has 2 rings (SSSR count). The van der Waals surface area contributed by atoms with Gasteiger partial charge in [0.1, 0.15) is 5.41 Å². The summed E-state index contributed by atoms with van der Waals surface area (Å²) in [4.78, 5) is 36.6. The number of likely N-dealkylation sites (tertiary alicyclic amines) is 1. The number of rotatable bonds is 4. The van der Waals surface area contributed by atoms with Crippen LogP contribution in [-0.2, 0) is 14.3 Å². The molecular formula is C14H22N2O5. The van der Waals surface area contributed by atoms with Crippen LogP contribution >= 0.6 is 0 Å². The highest BCUT2D eigenvalue weighted by atomic mass is 16.6. The second-order valence-corrected chi connectivity index (χ2v) is 5.67. The van der Waals surface area contributed by atoms with E-state index in [0.717, 1.165) is 6.42 Å². The first-order chi connectivity index (χ1) is 9.99. The Morgan fingerprint density at radius 3 is 2.33 bits per heavy atom. The number of aliphatic carboxylic acids is 1. The summed E-state index contributed by atoms with van der Waals surface area (Å²) in [6.45, 7) is 3.14. The zero-order valence-corrected chi connectivity index (χ0v) is 12.3. The molecule has 0 aromatic carbocycles. The van der Waals surface area contributed by atoms with E-state index in [9.17, 15) is 19.5 Å². The molecule has 7 nitrogen and oxygen atoms in total. The Balaban J connectivity index is 1.82. The molecule has 0 bridgehead atoms. The van der Waals surface area contributed by atoms with Gasteiger partial charge < -0.3 is 20.1 Å². The second-order valence-electron chi connectivity index (χ2n) is 5.67. The number of hydrogen-bond acceptors (Lipinski definition) is 4. The van der Waals surface area contributed by atoms with Gasteiger partial charge in [-0.25, -0.2) is 4.79 Å². The van der Waals surface area contributed by atoms with E-state index in [4.69, 9.17) is 4.74 Å². The summed E-state index contributed by atoms with van der Waals surface area (Å²) in [6, 6.07) is -0.0694. The number of carboxylic acids is 1. The highest BCUT2D eigenvalue weighted by molar-refractivity contribution is 6.02. The van der Waals surface area contributed by atoms with Crippen LogP contribution in [0.3, 0.4) is 0 Å². The van der Waals surface area contributed by atoms with Crippen LogP contribution in [0.5, 0.6) is 0 Å². The maximum absolute atomic E-state index is 12.2. The van der Waals surface area contributed by atoms with Gasteiger partial charge in [-0.15, -0.1) is 0 Å². The number of carbonyl (C=O) groups excluding carboxylic acids is 2. The van der Waals surface area contributed by atoms with Crippen LogP contribution in [0.4, 0.5) is 4.79 Å². The fraction of sp³-hybridized carbons (Fsp3) is 0.786. The number of nitrogens with one attached hydrogen (secondary N) is 1. The Hall–Kier alpha value is -1.79. The molecule has 7 heteroatoms. The van der Waals surface area contributed by atoms with Crippen molar-refractivity contribution in [1.82, 2.24) is 10.2 Å². The first-order valence-electron chi connectivity index (χ1n) is 7.45. The van der Waals surface area contributed by atoms with Crippen molar-refractivity contribution in [1.29, 1.82) is 0 Å². The largest absolute Gasteiger partial charge is 0.480 e. The van der Waals surface area contributed by atoms with Gasteiger partial charge in [-0.2, -0.15) is 0 Å². The van der Waals surface area contributed by atoms with Gasteiger partial charge in [0.15, 0.2) is 0 Å². The molecule has 118 valence electrons. The number of carbonyl (C=O) groups is 3. The van der Waals surface area contributed by atoms with Crippen LogP contribution in [0.25, 0.3) is 0 Å². The number of ether oxygens (including phenoxy) is 1. The summed E-state index contributed by atoms with van der Waals surface area (Å²) in [6.07, 6.45) is 2.52. The predicted molar refractivity (Wildman–Crippen MR) is 73.7 cm³/mol. The van der Waals surface area contributed by atoms with Crippen molar-refractivity contribution in [2.75, 3.05) is 19.7 Å². The molecule has 1 saturated heterocycles. The first kappa shape index (κ1) is 15.6. The van der Waals surface area contributed by atoms with E-state index in [1.165, 1.54) is 0 Å². The number of piperidine rings is 1. The summed E-state index contributed by atoms with van der Waals surface area (Å²) in [5.41, 5.74) is -1.22. The Labute approximate surface area is 123 Å². The second kappa shape index (κ2) is 6.32. The normalized spacial score (nSPS) is 21.3. The molecule has 1 aliphatic heterocycles. The van der Waals surface area contributed by atoms with Crippen molar-refractivity contribution in [3.8, 4) is 0 Å². The number of nitrogens with zero attached hydrogens (tertiary/aromatic N) is 1. The predicted octanol–water partition coefficient (Wildman–Crippen LogP) is 0.978. The van der Waals surface area contributed by atoms with E-state index in [2.05, 4.69) is 5.32 Å². The molecule has 2 fully saturated rings. The van der Waals surface area contributed by atoms with Gasteiger partial charge in [-0.1, -0.05) is 6.42 Å². The van der Waals surface area contributed by atoms with Crippen LogP contribution in [0, 0.1) is 5.41 Å². The lowest BCUT2D eigenvalue weighted by atomic mass is 9.68. The minimum Gasteiger partial charge on any atom is -0.480 e. The molecule has 0 spiro atoms. The van der Waals surface area contributed by atoms with Crippen molar-refractivity contribution in [3.63, 3.8) is 0 Å². The van der Waals surface area contributed by atoms with Crippen LogP contribution in [-0.4, -0.2) is 53.7 Å². The topological polar surface area (TPSA) is 95.9 Å². The maximum atomic E-state index is 12.2. The van der Waals surface area contributed by atoms with Gasteiger partial charge in [0.25, 0.3) is 0 Å². The Morgan fingerprint density at radius 2 is 1.90 bits per heavy atom. The molecule has 0 radical (unpaired) electrons. The van der Waals surface area contributed by atoms with Crippen LogP contribution in [0.1, 0.15) is 39.0 Å². The number of hydrogen-bond donors (Lipinski definition) is 2. The zero-order valence-electron chi connectivity index (χ0n) is 12.3. The lowest BCUT2D eigenvalue weighted by Gasteiger charge is -2.38. The molecule has 0 aromatic heterocycles. The Kier molecular flexibility index (Phi) is 4.69. The first-order valence-corrected chi connectivity index (χ1v) is 7.45. The average Bonchev–Trinajstić information content (AvgIpc) is 2.37. The SMILES string of the molecule is CCOC(=O)N1CCC(NC(=O)C2(C(=O)O)CCC2)CC1. The van der Waals surface area contributed by atoms with Gasteiger partial charge in [-0.05, 0) is 32.6 Å². The Bertz CT molecular complexity index is 425. The van der Waals surface area contributed by atoms with Gasteiger partial charge in [-0.3, -0.25) is 9.59 Å². The maximum Gasteiger partial charge on any atom is 0.409 e. The van der Waals surface area contributed by atoms with Crippen molar-refractivity contribution in [3.05, 3.63) is 0 Å². The molecule has 0 aromatic rings. The minimum atomic E-state index is -1.22. The summed E-state index contributed by atoms with van der Waals surface area (Å²) in [5, 5.41) is 12.1. The minimum absolute atomic E-state index is 0.0694. The third kappa shape index (κ3) is 3.11. The van der Waals surface area contributed by atoms with Gasteiger partial charge in [0.2, 0.25) is 5.91 Å². The third-order valence-electron chi connectivity index (χ3n) is 4.41. The number of amides is 2. The Morgan fingerprint density at radius 1 is 1.29 bits per heavy atom. The summed E-state index contributed by atoms with van der Waals surface area (Å²) in [7, 11) is 0. The molecular weight excluding hydrogens is 276 g/mol. The van der Waals surface area contributed by atoms with Crippen molar-refractivity contribution < 1.29 is 24.2 Å². The van der Waals surface area contributed by atoms with Gasteiger partial charge in [0, 0.05) is 19.1 Å². The van der Waals surface area contributed by atoms with Crippen LogP contribution in [0.2, 0.25) is 0 Å². The molecule has 0 atom stereocenters. The molecule has 21 heavy (non-hydrogen) atoms. The molecule has 0 unspecified atom stereocenters. The lowest BCUT2D eigenvalue weighted by molar-refractivity contribution is -0.162. The van der Waals surface area contributed by atoms with Gasteiger partial charge >= 0.3 is 12.1 Å². The van der Waals surface area contributed by atoms with Gasteiger partial charge in [0.05, 0.1) is 6.61 Å².